The number of benzene rings is 1. The summed E-state index contributed by atoms with van der Waals surface area (Å²) in [5.41, 5.74) is 5.12. The molecule has 1 aromatic carbocycles. The van der Waals surface area contributed by atoms with Gasteiger partial charge in [0.1, 0.15) is 17.7 Å². The van der Waals surface area contributed by atoms with Gasteiger partial charge in [0, 0.05) is 36.3 Å². The molecule has 0 spiro atoms. The van der Waals surface area contributed by atoms with Crippen LogP contribution in [0.25, 0.3) is 33.8 Å². The third-order valence-electron chi connectivity index (χ3n) is 7.85. The molecule has 0 amide bonds. The quantitative estimate of drug-likeness (QED) is 0.279. The Morgan fingerprint density at radius 2 is 1.80 bits per heavy atom. The Bertz CT molecular complexity index is 1820. The summed E-state index contributed by atoms with van der Waals surface area (Å²) in [7, 11) is 1.58. The highest BCUT2D eigenvalue weighted by Gasteiger charge is 2.37. The summed E-state index contributed by atoms with van der Waals surface area (Å²) in [4.78, 5) is 22.4. The maximum Gasteiger partial charge on any atom is 0.434 e. The molecule has 2 aliphatic carbocycles. The number of aromatic nitrogens is 8. The van der Waals surface area contributed by atoms with E-state index in [0.717, 1.165) is 76.6 Å². The maximum absolute atomic E-state index is 13.1. The lowest BCUT2D eigenvalue weighted by Crippen LogP contribution is -2.06. The number of hydrogen-bond acceptors (Lipinski definition) is 7. The van der Waals surface area contributed by atoms with Crippen molar-refractivity contribution in [2.24, 2.45) is 0 Å². The summed E-state index contributed by atoms with van der Waals surface area (Å²) in [5.74, 6) is 2.06. The topological polar surface area (TPSA) is 96.4 Å². The van der Waals surface area contributed by atoms with Gasteiger partial charge in [-0.2, -0.15) is 18.3 Å². The molecule has 12 heteroatoms. The van der Waals surface area contributed by atoms with Crippen LogP contribution in [0.2, 0.25) is 0 Å². The van der Waals surface area contributed by atoms with Crippen molar-refractivity contribution in [2.45, 2.75) is 56.8 Å². The molecule has 0 atom stereocenters. The van der Waals surface area contributed by atoms with Crippen molar-refractivity contribution in [3.8, 4) is 28.7 Å². The van der Waals surface area contributed by atoms with E-state index in [1.807, 2.05) is 29.1 Å². The van der Waals surface area contributed by atoms with Gasteiger partial charge in [-0.15, -0.1) is 0 Å². The Labute approximate surface area is 226 Å². The van der Waals surface area contributed by atoms with E-state index in [4.69, 9.17) is 19.8 Å². The zero-order valence-electron chi connectivity index (χ0n) is 21.5. The second kappa shape index (κ2) is 8.33. The van der Waals surface area contributed by atoms with E-state index in [1.54, 1.807) is 11.7 Å². The van der Waals surface area contributed by atoms with Crippen molar-refractivity contribution < 1.29 is 17.9 Å². The number of nitrogens with zero attached hydrogens (tertiary/aromatic N) is 8. The number of rotatable bonds is 6. The molecule has 3 aliphatic rings. The van der Waals surface area contributed by atoms with Gasteiger partial charge in [-0.3, -0.25) is 0 Å². The minimum Gasteiger partial charge on any atom is -0.480 e. The van der Waals surface area contributed by atoms with Crippen molar-refractivity contribution in [1.82, 2.24) is 39.3 Å². The molecule has 40 heavy (non-hydrogen) atoms. The predicted octanol–water partition coefficient (Wildman–Crippen LogP) is 5.34. The van der Waals surface area contributed by atoms with Gasteiger partial charge in [0.25, 0.3) is 0 Å². The summed E-state index contributed by atoms with van der Waals surface area (Å²) in [5, 5.41) is 5.89. The lowest BCUT2D eigenvalue weighted by molar-refractivity contribution is -0.140. The van der Waals surface area contributed by atoms with E-state index >= 15 is 0 Å². The van der Waals surface area contributed by atoms with E-state index in [1.165, 1.54) is 6.33 Å². The minimum atomic E-state index is -4.46. The average molecular weight is 545 g/mol. The van der Waals surface area contributed by atoms with Crippen molar-refractivity contribution in [2.75, 3.05) is 7.11 Å². The second-order valence-electron chi connectivity index (χ2n) is 10.7. The number of alkyl halides is 3. The second-order valence-corrected chi connectivity index (χ2v) is 10.7. The summed E-state index contributed by atoms with van der Waals surface area (Å²) >= 11 is 0. The molecule has 0 saturated heterocycles. The first-order chi connectivity index (χ1) is 19.4. The van der Waals surface area contributed by atoms with E-state index in [-0.39, 0.29) is 0 Å². The van der Waals surface area contributed by atoms with Crippen LogP contribution in [-0.2, 0) is 19.3 Å². The predicted molar refractivity (Wildman–Crippen MR) is 138 cm³/mol. The van der Waals surface area contributed by atoms with Crippen LogP contribution in [0.3, 0.4) is 0 Å². The number of fused-ring (bicyclic) bond motifs is 4. The van der Waals surface area contributed by atoms with Crippen molar-refractivity contribution in [3.63, 3.8) is 0 Å². The zero-order chi connectivity index (χ0) is 27.2. The molecule has 4 aromatic heterocycles. The molecule has 0 bridgehead atoms. The molecule has 5 aromatic rings. The molecule has 1 aliphatic heterocycles. The fraction of sp³-hybridized carbons (Fsp3) is 0.357. The normalized spacial score (nSPS) is 16.4. The summed E-state index contributed by atoms with van der Waals surface area (Å²) in [6, 6.07) is 5.78. The minimum absolute atomic E-state index is 0.345. The maximum atomic E-state index is 13.1. The van der Waals surface area contributed by atoms with Crippen LogP contribution in [0.5, 0.6) is 5.88 Å². The van der Waals surface area contributed by atoms with Crippen LogP contribution in [0.15, 0.2) is 36.9 Å². The Morgan fingerprint density at radius 3 is 2.55 bits per heavy atom. The number of ether oxygens (including phenoxy) is 1. The van der Waals surface area contributed by atoms with Crippen molar-refractivity contribution in [1.29, 1.82) is 0 Å². The van der Waals surface area contributed by atoms with Gasteiger partial charge in [0.05, 0.1) is 30.4 Å². The molecule has 2 saturated carbocycles. The molecule has 0 unspecified atom stereocenters. The van der Waals surface area contributed by atoms with Gasteiger partial charge in [-0.25, -0.2) is 29.6 Å². The van der Waals surface area contributed by atoms with Gasteiger partial charge in [-0.05, 0) is 36.8 Å². The molecule has 2 fully saturated rings. The number of hydrogen-bond donors (Lipinski definition) is 0. The molecular weight excluding hydrogens is 521 g/mol. The first-order valence-electron chi connectivity index (χ1n) is 13.3. The smallest absolute Gasteiger partial charge is 0.434 e. The van der Waals surface area contributed by atoms with Crippen LogP contribution >= 0.6 is 0 Å². The highest BCUT2D eigenvalue weighted by Crippen LogP contribution is 2.46. The SMILES string of the molecule is COc1ncnc(C2CC2)c1-c1ncc2c(C3CC3)nn(Cc3ccc4c(c3)Cn3cc(C(F)(F)F)nc3-4)c2n1. The van der Waals surface area contributed by atoms with E-state index < -0.39 is 11.9 Å². The van der Waals surface area contributed by atoms with Gasteiger partial charge >= 0.3 is 6.18 Å². The highest BCUT2D eigenvalue weighted by molar-refractivity contribution is 5.81. The molecule has 202 valence electrons. The largest absolute Gasteiger partial charge is 0.480 e. The van der Waals surface area contributed by atoms with E-state index in [2.05, 4.69) is 15.0 Å². The van der Waals surface area contributed by atoms with Gasteiger partial charge < -0.3 is 9.30 Å². The molecule has 8 rings (SSSR count). The van der Waals surface area contributed by atoms with Gasteiger partial charge in [0.2, 0.25) is 5.88 Å². The van der Waals surface area contributed by atoms with Crippen LogP contribution in [0.1, 0.15) is 65.7 Å². The van der Waals surface area contributed by atoms with Crippen LogP contribution < -0.4 is 4.74 Å². The fourth-order valence-corrected chi connectivity index (χ4v) is 5.62. The Morgan fingerprint density at radius 1 is 1.00 bits per heavy atom. The van der Waals surface area contributed by atoms with Gasteiger partial charge in [0.15, 0.2) is 17.2 Å². The average Bonchev–Trinajstić information content (AvgIpc) is 3.86. The standard InChI is InChI=1S/C28H23F3N8O/c1-40-27-21(23(16-5-6-16)33-13-34-27)24-32-9-19-22(15-3-4-15)37-39(26(19)36-24)10-14-2-7-18-17(8-14)11-38-12-20(28(29,30)31)35-25(18)38/h2,7-9,12-13,15-16H,3-6,10-11H2,1H3. The number of halogens is 3. The first kappa shape index (κ1) is 23.5. The monoisotopic (exact) mass is 544 g/mol. The molecule has 0 N–H and O–H groups in total. The van der Waals surface area contributed by atoms with Crippen LogP contribution in [-0.4, -0.2) is 46.4 Å². The van der Waals surface area contributed by atoms with Gasteiger partial charge in [-0.1, -0.05) is 18.2 Å². The van der Waals surface area contributed by atoms with E-state index in [0.29, 0.717) is 42.5 Å². The van der Waals surface area contributed by atoms with E-state index in [9.17, 15) is 13.2 Å². The number of imidazole rings is 1. The molecular formula is C28H23F3N8O. The molecule has 0 radical (unpaired) electrons. The summed E-state index contributed by atoms with van der Waals surface area (Å²) < 4.78 is 48.5. The molecule has 9 nitrogen and oxygen atoms in total. The highest BCUT2D eigenvalue weighted by atomic mass is 19.4. The lowest BCUT2D eigenvalue weighted by Gasteiger charge is -2.11. The Hall–Kier alpha value is -4.35. The zero-order valence-corrected chi connectivity index (χ0v) is 21.5. The first-order valence-corrected chi connectivity index (χ1v) is 13.3. The van der Waals surface area contributed by atoms with Crippen LogP contribution in [0, 0.1) is 0 Å². The molecule has 5 heterocycles. The fourth-order valence-electron chi connectivity index (χ4n) is 5.62. The van der Waals surface area contributed by atoms with Crippen LogP contribution in [0.4, 0.5) is 13.2 Å². The third kappa shape index (κ3) is 3.76. The summed E-state index contributed by atoms with van der Waals surface area (Å²) in [6.07, 6.45) is 4.28. The Balaban J connectivity index is 1.18. The Kier molecular flexibility index (Phi) is 4.90. The van der Waals surface area contributed by atoms with Crippen molar-refractivity contribution >= 4 is 11.0 Å². The van der Waals surface area contributed by atoms with Crippen molar-refractivity contribution in [3.05, 3.63) is 65.1 Å². The summed E-state index contributed by atoms with van der Waals surface area (Å²) in [6.45, 7) is 0.805. The third-order valence-corrected chi connectivity index (χ3v) is 7.85. The number of methoxy groups -OCH3 is 1. The lowest BCUT2D eigenvalue weighted by atomic mass is 10.1.